The smallest absolute Gasteiger partial charge is 0.0794 e. The van der Waals surface area contributed by atoms with Crippen LogP contribution in [0.2, 0.25) is 0 Å². The summed E-state index contributed by atoms with van der Waals surface area (Å²) in [6.07, 6.45) is 2.24. The minimum Gasteiger partial charge on any atom is -0.325 e. The van der Waals surface area contributed by atoms with Gasteiger partial charge < -0.3 is 5.73 Å². The molecular formula is C9H17N3. The van der Waals surface area contributed by atoms with Gasteiger partial charge >= 0.3 is 0 Å². The van der Waals surface area contributed by atoms with E-state index < -0.39 is 0 Å². The van der Waals surface area contributed by atoms with Crippen LogP contribution in [0.15, 0.2) is 0 Å². The summed E-state index contributed by atoms with van der Waals surface area (Å²) in [5.41, 5.74) is 9.22. The number of nitrogens with two attached hydrogens (primary N) is 1. The van der Waals surface area contributed by atoms with Crippen LogP contribution in [0, 0.1) is 6.92 Å². The zero-order valence-corrected chi connectivity index (χ0v) is 8.09. The largest absolute Gasteiger partial charge is 0.325 e. The zero-order valence-electron chi connectivity index (χ0n) is 8.09. The Kier molecular flexibility index (Phi) is 2.87. The van der Waals surface area contributed by atoms with Gasteiger partial charge in [0.1, 0.15) is 0 Å². The van der Waals surface area contributed by atoms with Gasteiger partial charge in [0, 0.05) is 19.3 Å². The molecule has 0 aliphatic rings. The van der Waals surface area contributed by atoms with Crippen molar-refractivity contribution in [1.82, 2.24) is 9.78 Å². The Morgan fingerprint density at radius 1 is 1.50 bits per heavy atom. The third-order valence-electron chi connectivity index (χ3n) is 2.23. The van der Waals surface area contributed by atoms with Crippen LogP contribution in [0.5, 0.6) is 0 Å². The Hall–Kier alpha value is -0.830. The van der Waals surface area contributed by atoms with Gasteiger partial charge in [-0.05, 0) is 18.9 Å². The molecule has 0 aliphatic heterocycles. The first kappa shape index (κ1) is 9.26. The minimum atomic E-state index is 0.553. The third kappa shape index (κ3) is 1.50. The summed E-state index contributed by atoms with van der Waals surface area (Å²) < 4.78 is 1.91. The molecule has 0 fully saturated rings. The van der Waals surface area contributed by atoms with Gasteiger partial charge in [0.2, 0.25) is 0 Å². The molecule has 2 N–H and O–H groups in total. The maximum atomic E-state index is 5.59. The molecular weight excluding hydrogens is 150 g/mol. The Bertz CT molecular complexity index is 263. The van der Waals surface area contributed by atoms with Crippen molar-refractivity contribution in [3.63, 3.8) is 0 Å². The predicted octanol–water partition coefficient (Wildman–Crippen LogP) is 1.14. The van der Waals surface area contributed by atoms with Crippen LogP contribution in [0.25, 0.3) is 0 Å². The molecule has 1 heterocycles. The first-order chi connectivity index (χ1) is 5.70. The van der Waals surface area contributed by atoms with Gasteiger partial charge in [0.15, 0.2) is 0 Å². The van der Waals surface area contributed by atoms with Crippen molar-refractivity contribution < 1.29 is 0 Å². The highest BCUT2D eigenvalue weighted by atomic mass is 15.3. The normalized spacial score (nSPS) is 10.7. The monoisotopic (exact) mass is 167 g/mol. The van der Waals surface area contributed by atoms with E-state index in [1.54, 1.807) is 0 Å². The second-order valence-corrected chi connectivity index (χ2v) is 3.09. The lowest BCUT2D eigenvalue weighted by Gasteiger charge is -1.98. The molecule has 0 spiro atoms. The molecule has 0 aromatic carbocycles. The lowest BCUT2D eigenvalue weighted by Crippen LogP contribution is -2.01. The lowest BCUT2D eigenvalue weighted by molar-refractivity contribution is 0.720. The van der Waals surface area contributed by atoms with Crippen molar-refractivity contribution in [2.45, 2.75) is 33.2 Å². The molecule has 0 atom stereocenters. The summed E-state index contributed by atoms with van der Waals surface area (Å²) in [6.45, 7) is 4.82. The number of rotatable bonds is 3. The van der Waals surface area contributed by atoms with E-state index in [4.69, 9.17) is 5.73 Å². The first-order valence-electron chi connectivity index (χ1n) is 4.42. The van der Waals surface area contributed by atoms with E-state index in [9.17, 15) is 0 Å². The topological polar surface area (TPSA) is 43.8 Å². The minimum absolute atomic E-state index is 0.553. The molecule has 0 saturated carbocycles. The van der Waals surface area contributed by atoms with Crippen LogP contribution in [0.4, 0.5) is 0 Å². The van der Waals surface area contributed by atoms with Gasteiger partial charge in [-0.25, -0.2) is 0 Å². The number of nitrogens with zero attached hydrogens (tertiary/aromatic N) is 2. The number of hydrogen-bond donors (Lipinski definition) is 1. The molecule has 3 heteroatoms. The standard InChI is InChI=1S/C9H17N3/c1-4-5-8-7(2)12(3)11-9(8)6-10/h4-6,10H2,1-3H3. The van der Waals surface area contributed by atoms with Crippen molar-refractivity contribution in [3.05, 3.63) is 17.0 Å². The summed E-state index contributed by atoms with van der Waals surface area (Å²) >= 11 is 0. The summed E-state index contributed by atoms with van der Waals surface area (Å²) in [6, 6.07) is 0. The molecule has 0 radical (unpaired) electrons. The fourth-order valence-corrected chi connectivity index (χ4v) is 1.46. The summed E-state index contributed by atoms with van der Waals surface area (Å²) in [4.78, 5) is 0. The van der Waals surface area contributed by atoms with Crippen molar-refractivity contribution in [3.8, 4) is 0 Å². The molecule has 0 unspecified atom stereocenters. The van der Waals surface area contributed by atoms with E-state index in [1.807, 2.05) is 11.7 Å². The zero-order chi connectivity index (χ0) is 9.14. The van der Waals surface area contributed by atoms with Crippen LogP contribution in [0.1, 0.15) is 30.3 Å². The number of aryl methyl sites for hydroxylation is 1. The Labute approximate surface area is 73.6 Å². The first-order valence-corrected chi connectivity index (χ1v) is 4.42. The van der Waals surface area contributed by atoms with E-state index in [1.165, 1.54) is 11.3 Å². The molecule has 1 aromatic rings. The van der Waals surface area contributed by atoms with E-state index in [0.717, 1.165) is 18.5 Å². The van der Waals surface area contributed by atoms with E-state index in [2.05, 4.69) is 18.9 Å². The van der Waals surface area contributed by atoms with Crippen LogP contribution in [-0.2, 0) is 20.0 Å². The van der Waals surface area contributed by atoms with Crippen molar-refractivity contribution in [2.24, 2.45) is 12.8 Å². The second kappa shape index (κ2) is 3.72. The second-order valence-electron chi connectivity index (χ2n) is 3.09. The SMILES string of the molecule is CCCc1c(CN)nn(C)c1C. The maximum absolute atomic E-state index is 5.59. The summed E-state index contributed by atoms with van der Waals surface area (Å²) in [5, 5.41) is 4.34. The van der Waals surface area contributed by atoms with E-state index in [-0.39, 0.29) is 0 Å². The Morgan fingerprint density at radius 3 is 2.67 bits per heavy atom. The third-order valence-corrected chi connectivity index (χ3v) is 2.23. The highest BCUT2D eigenvalue weighted by Gasteiger charge is 2.09. The highest BCUT2D eigenvalue weighted by molar-refractivity contribution is 5.25. The van der Waals surface area contributed by atoms with Crippen molar-refractivity contribution in [1.29, 1.82) is 0 Å². The van der Waals surface area contributed by atoms with Crippen LogP contribution in [0.3, 0.4) is 0 Å². The summed E-state index contributed by atoms with van der Waals surface area (Å²) in [7, 11) is 1.97. The van der Waals surface area contributed by atoms with Gasteiger partial charge in [-0.1, -0.05) is 13.3 Å². The molecule has 0 bridgehead atoms. The predicted molar refractivity (Wildman–Crippen MR) is 49.8 cm³/mol. The van der Waals surface area contributed by atoms with E-state index in [0.29, 0.717) is 6.54 Å². The molecule has 1 rings (SSSR count). The Morgan fingerprint density at radius 2 is 2.17 bits per heavy atom. The fraction of sp³-hybridized carbons (Fsp3) is 0.667. The van der Waals surface area contributed by atoms with E-state index >= 15 is 0 Å². The molecule has 0 amide bonds. The highest BCUT2D eigenvalue weighted by Crippen LogP contribution is 2.14. The van der Waals surface area contributed by atoms with Crippen molar-refractivity contribution in [2.75, 3.05) is 0 Å². The summed E-state index contributed by atoms with van der Waals surface area (Å²) in [5.74, 6) is 0. The molecule has 1 aromatic heterocycles. The average molecular weight is 167 g/mol. The van der Waals surface area contributed by atoms with Gasteiger partial charge in [-0.15, -0.1) is 0 Å². The number of aromatic nitrogens is 2. The Balaban J connectivity index is 3.03. The average Bonchev–Trinajstić information content (AvgIpc) is 2.33. The van der Waals surface area contributed by atoms with Gasteiger partial charge in [-0.3, -0.25) is 4.68 Å². The fourth-order valence-electron chi connectivity index (χ4n) is 1.46. The maximum Gasteiger partial charge on any atom is 0.0794 e. The molecule has 12 heavy (non-hydrogen) atoms. The van der Waals surface area contributed by atoms with Crippen LogP contribution in [-0.4, -0.2) is 9.78 Å². The quantitative estimate of drug-likeness (QED) is 0.733. The van der Waals surface area contributed by atoms with Crippen LogP contribution >= 0.6 is 0 Å². The van der Waals surface area contributed by atoms with Crippen LogP contribution < -0.4 is 5.73 Å². The lowest BCUT2D eigenvalue weighted by atomic mass is 10.1. The molecule has 0 aliphatic carbocycles. The van der Waals surface area contributed by atoms with Crippen molar-refractivity contribution >= 4 is 0 Å². The molecule has 0 saturated heterocycles. The van der Waals surface area contributed by atoms with Gasteiger partial charge in [0.05, 0.1) is 5.69 Å². The number of hydrogen-bond acceptors (Lipinski definition) is 2. The molecule has 3 nitrogen and oxygen atoms in total. The molecule has 68 valence electrons. The van der Waals surface area contributed by atoms with Gasteiger partial charge in [0.25, 0.3) is 0 Å². The van der Waals surface area contributed by atoms with Gasteiger partial charge in [-0.2, -0.15) is 5.10 Å².